The molecule has 41 heavy (non-hydrogen) atoms. The van der Waals surface area contributed by atoms with E-state index in [0.29, 0.717) is 16.1 Å². The Bertz CT molecular complexity index is 1550. The van der Waals surface area contributed by atoms with Gasteiger partial charge in [-0.05, 0) is 61.1 Å². The molecule has 1 saturated carbocycles. The molecule has 0 spiro atoms. The van der Waals surface area contributed by atoms with Crippen LogP contribution in [0.3, 0.4) is 0 Å². The number of carboxylic acids is 1. The lowest BCUT2D eigenvalue weighted by Gasteiger charge is -2.28. The normalized spacial score (nSPS) is 21.1. The van der Waals surface area contributed by atoms with E-state index in [4.69, 9.17) is 26.1 Å². The van der Waals surface area contributed by atoms with E-state index in [-0.39, 0.29) is 18.6 Å². The van der Waals surface area contributed by atoms with Crippen molar-refractivity contribution in [1.29, 1.82) is 0 Å². The fourth-order valence-corrected chi connectivity index (χ4v) is 5.48. The molecule has 0 amide bonds. The van der Waals surface area contributed by atoms with Crippen molar-refractivity contribution in [3.05, 3.63) is 88.3 Å². The summed E-state index contributed by atoms with van der Waals surface area (Å²) in [5, 5.41) is 9.61. The standard InChI is InChI=1S/C18H21N3O3.C12H8ClF2NO/c22-18(23)11-1-2-15-16(6-11)21(9-14-3-4-24-14)17(19-15)10-20-7-12-5-13(12)8-20;13-9-2-1-8(11(15)5-9)7-17-12-4-3-10(14)6-16-12/h1-2,6,12-14H,3-5,7-10H2,(H,22,23);1-6H,7H2. The summed E-state index contributed by atoms with van der Waals surface area (Å²) in [6.07, 6.45) is 3.71. The summed E-state index contributed by atoms with van der Waals surface area (Å²) < 4.78 is 38.9. The van der Waals surface area contributed by atoms with E-state index >= 15 is 0 Å². The van der Waals surface area contributed by atoms with Gasteiger partial charge in [-0.3, -0.25) is 4.90 Å². The molecule has 4 heterocycles. The Balaban J connectivity index is 0.000000158. The average molecular weight is 583 g/mol. The summed E-state index contributed by atoms with van der Waals surface area (Å²) in [4.78, 5) is 22.3. The molecule has 3 unspecified atom stereocenters. The molecule has 4 aromatic rings. The molecule has 7 rings (SSSR count). The Hall–Kier alpha value is -3.60. The minimum absolute atomic E-state index is 0.0155. The van der Waals surface area contributed by atoms with Crippen LogP contribution in [0.15, 0.2) is 54.7 Å². The summed E-state index contributed by atoms with van der Waals surface area (Å²) in [7, 11) is 0. The molecule has 1 aliphatic carbocycles. The number of piperidine rings is 1. The van der Waals surface area contributed by atoms with Gasteiger partial charge < -0.3 is 19.1 Å². The van der Waals surface area contributed by atoms with Gasteiger partial charge in [0.2, 0.25) is 5.88 Å². The smallest absolute Gasteiger partial charge is 0.335 e. The number of fused-ring (bicyclic) bond motifs is 2. The molecule has 11 heteroatoms. The number of aromatic carboxylic acids is 1. The van der Waals surface area contributed by atoms with E-state index in [9.17, 15) is 18.7 Å². The van der Waals surface area contributed by atoms with Gasteiger partial charge in [-0.25, -0.2) is 23.5 Å². The van der Waals surface area contributed by atoms with Crippen molar-refractivity contribution < 1.29 is 28.2 Å². The van der Waals surface area contributed by atoms with Crippen LogP contribution in [-0.2, 0) is 24.4 Å². The van der Waals surface area contributed by atoms with E-state index < -0.39 is 17.6 Å². The highest BCUT2D eigenvalue weighted by atomic mass is 35.5. The molecule has 2 aliphatic heterocycles. The van der Waals surface area contributed by atoms with Crippen molar-refractivity contribution in [2.75, 3.05) is 19.7 Å². The van der Waals surface area contributed by atoms with Crippen LogP contribution in [0.25, 0.3) is 11.0 Å². The fourth-order valence-electron chi connectivity index (χ4n) is 5.32. The first-order chi connectivity index (χ1) is 19.8. The van der Waals surface area contributed by atoms with E-state index in [2.05, 4.69) is 14.5 Å². The number of hydrogen-bond donors (Lipinski definition) is 1. The van der Waals surface area contributed by atoms with Crippen LogP contribution >= 0.6 is 11.6 Å². The third-order valence-corrected chi connectivity index (χ3v) is 8.00. The lowest BCUT2D eigenvalue weighted by atomic mass is 10.1. The van der Waals surface area contributed by atoms with Gasteiger partial charge in [-0.2, -0.15) is 0 Å². The van der Waals surface area contributed by atoms with Crippen molar-refractivity contribution in [3.8, 4) is 5.88 Å². The lowest BCUT2D eigenvalue weighted by molar-refractivity contribution is -0.0591. The number of imidazole rings is 1. The Morgan fingerprint density at radius 2 is 1.93 bits per heavy atom. The number of aromatic nitrogens is 3. The van der Waals surface area contributed by atoms with Crippen molar-refractivity contribution in [2.45, 2.75) is 38.6 Å². The number of carboxylic acid groups (broad SMARTS) is 1. The predicted octanol–water partition coefficient (Wildman–Crippen LogP) is 5.57. The minimum atomic E-state index is -0.897. The Morgan fingerprint density at radius 1 is 1.12 bits per heavy atom. The van der Waals surface area contributed by atoms with Gasteiger partial charge in [-0.15, -0.1) is 0 Å². The number of ether oxygens (including phenoxy) is 2. The fraction of sp³-hybridized carbons (Fsp3) is 0.367. The van der Waals surface area contributed by atoms with Crippen molar-refractivity contribution >= 4 is 28.6 Å². The number of rotatable bonds is 8. The monoisotopic (exact) mass is 582 g/mol. The number of carbonyl (C=O) groups is 1. The van der Waals surface area contributed by atoms with Gasteiger partial charge in [0, 0.05) is 36.3 Å². The number of nitrogens with zero attached hydrogens (tertiary/aromatic N) is 4. The third kappa shape index (κ3) is 6.50. The molecule has 0 radical (unpaired) electrons. The van der Waals surface area contributed by atoms with Crippen LogP contribution in [0, 0.1) is 23.5 Å². The van der Waals surface area contributed by atoms with Gasteiger partial charge in [-0.1, -0.05) is 17.7 Å². The minimum Gasteiger partial charge on any atom is -0.478 e. The molecule has 8 nitrogen and oxygen atoms in total. The molecule has 3 atom stereocenters. The summed E-state index contributed by atoms with van der Waals surface area (Å²) >= 11 is 5.62. The first-order valence-electron chi connectivity index (χ1n) is 13.6. The maximum absolute atomic E-state index is 13.4. The molecule has 214 valence electrons. The van der Waals surface area contributed by atoms with Gasteiger partial charge >= 0.3 is 5.97 Å². The Labute approximate surface area is 240 Å². The van der Waals surface area contributed by atoms with Gasteiger partial charge in [0.15, 0.2) is 0 Å². The first-order valence-corrected chi connectivity index (χ1v) is 13.9. The zero-order valence-corrected chi connectivity index (χ0v) is 22.9. The average Bonchev–Trinajstić information content (AvgIpc) is 3.38. The van der Waals surface area contributed by atoms with Gasteiger partial charge in [0.1, 0.15) is 24.1 Å². The highest BCUT2D eigenvalue weighted by Crippen LogP contribution is 2.45. The maximum atomic E-state index is 13.4. The van der Waals surface area contributed by atoms with Crippen molar-refractivity contribution in [1.82, 2.24) is 19.4 Å². The number of likely N-dealkylation sites (tertiary alicyclic amines) is 1. The molecule has 2 aromatic carbocycles. The second kappa shape index (κ2) is 11.7. The summed E-state index contributed by atoms with van der Waals surface area (Å²) in [6.45, 7) is 4.79. The molecule has 2 aromatic heterocycles. The largest absolute Gasteiger partial charge is 0.478 e. The molecule has 2 saturated heterocycles. The lowest BCUT2D eigenvalue weighted by Crippen LogP contribution is -2.32. The second-order valence-electron chi connectivity index (χ2n) is 10.7. The molecule has 0 bridgehead atoms. The highest BCUT2D eigenvalue weighted by molar-refractivity contribution is 6.30. The van der Waals surface area contributed by atoms with Crippen LogP contribution in [0.1, 0.15) is 34.6 Å². The molecular formula is C30H29ClF2N4O4. The molecule has 3 aliphatic rings. The van der Waals surface area contributed by atoms with Gasteiger partial charge in [0.05, 0.1) is 42.0 Å². The zero-order chi connectivity index (χ0) is 28.5. The van der Waals surface area contributed by atoms with Crippen LogP contribution in [0.2, 0.25) is 5.02 Å². The zero-order valence-electron chi connectivity index (χ0n) is 22.2. The topological polar surface area (TPSA) is 89.7 Å². The van der Waals surface area contributed by atoms with E-state index in [1.54, 1.807) is 18.2 Å². The number of pyridine rings is 1. The summed E-state index contributed by atoms with van der Waals surface area (Å²) in [5.41, 5.74) is 2.45. The predicted molar refractivity (Wildman–Crippen MR) is 148 cm³/mol. The highest BCUT2D eigenvalue weighted by Gasteiger charge is 2.45. The van der Waals surface area contributed by atoms with Crippen molar-refractivity contribution in [3.63, 3.8) is 0 Å². The van der Waals surface area contributed by atoms with Crippen LogP contribution in [0.4, 0.5) is 8.78 Å². The van der Waals surface area contributed by atoms with Gasteiger partial charge in [0.25, 0.3) is 0 Å². The quantitative estimate of drug-likeness (QED) is 0.291. The van der Waals surface area contributed by atoms with Crippen LogP contribution < -0.4 is 4.74 Å². The van der Waals surface area contributed by atoms with Crippen molar-refractivity contribution in [2.24, 2.45) is 11.8 Å². The maximum Gasteiger partial charge on any atom is 0.335 e. The number of hydrogen-bond acceptors (Lipinski definition) is 6. The van der Waals surface area contributed by atoms with E-state index in [1.807, 2.05) is 6.07 Å². The summed E-state index contributed by atoms with van der Waals surface area (Å²) in [5.74, 6) is 1.28. The SMILES string of the molecule is Fc1ccc(OCc2ccc(Cl)cc2F)nc1.O=C(O)c1ccc2nc(CN3CC4CC4C3)n(CC3CCO3)c2c1. The Kier molecular flexibility index (Phi) is 7.88. The second-order valence-corrected chi connectivity index (χ2v) is 11.2. The first kappa shape index (κ1) is 27.6. The molecule has 3 fully saturated rings. The number of benzene rings is 2. The van der Waals surface area contributed by atoms with Crippen LogP contribution in [-0.4, -0.2) is 56.3 Å². The molecular weight excluding hydrogens is 554 g/mol. The number of halogens is 3. The Morgan fingerprint density at radius 3 is 2.59 bits per heavy atom. The molecule has 1 N–H and O–H groups in total. The van der Waals surface area contributed by atoms with E-state index in [0.717, 1.165) is 61.0 Å². The van der Waals surface area contributed by atoms with E-state index in [1.165, 1.54) is 43.8 Å². The third-order valence-electron chi connectivity index (χ3n) is 7.76. The summed E-state index contributed by atoms with van der Waals surface area (Å²) in [6, 6.07) is 12.1. The van der Waals surface area contributed by atoms with Crippen LogP contribution in [0.5, 0.6) is 5.88 Å².